The summed E-state index contributed by atoms with van der Waals surface area (Å²) in [5.74, 6) is -1.19. The molecule has 1 aromatic rings. The van der Waals surface area contributed by atoms with Gasteiger partial charge in [-0.2, -0.15) is 0 Å². The highest BCUT2D eigenvalue weighted by atomic mass is 19.3. The monoisotopic (exact) mass is 266 g/mol. The van der Waals surface area contributed by atoms with E-state index in [1.54, 1.807) is 12.1 Å². The first-order chi connectivity index (χ1) is 8.68. The second-order valence-electron chi connectivity index (χ2n) is 7.03. The predicted molar refractivity (Wildman–Crippen MR) is 75.4 cm³/mol. The summed E-state index contributed by atoms with van der Waals surface area (Å²) in [6.45, 7) is 7.77. The number of hydrogen-bond acceptors (Lipinski definition) is 0. The number of rotatable bonds is 4. The van der Waals surface area contributed by atoms with Crippen molar-refractivity contribution >= 4 is 0 Å². The molecule has 1 aliphatic carbocycles. The quantitative estimate of drug-likeness (QED) is 0.683. The Hall–Kier alpha value is -0.920. The van der Waals surface area contributed by atoms with Crippen molar-refractivity contribution in [1.82, 2.24) is 0 Å². The maximum atomic E-state index is 13.4. The van der Waals surface area contributed by atoms with Crippen molar-refractivity contribution in [1.29, 1.82) is 0 Å². The second-order valence-corrected chi connectivity index (χ2v) is 7.03. The summed E-state index contributed by atoms with van der Waals surface area (Å²) in [6, 6.07) is 6.91. The molecule has 0 atom stereocenters. The van der Waals surface area contributed by atoms with Gasteiger partial charge in [0.2, 0.25) is 0 Å². The van der Waals surface area contributed by atoms with Gasteiger partial charge in [0, 0.05) is 12.5 Å². The highest BCUT2D eigenvalue weighted by molar-refractivity contribution is 5.27. The van der Waals surface area contributed by atoms with Crippen molar-refractivity contribution in [3.63, 3.8) is 0 Å². The molecule has 0 aromatic heterocycles. The summed E-state index contributed by atoms with van der Waals surface area (Å²) in [4.78, 5) is 0. The summed E-state index contributed by atoms with van der Waals surface area (Å²) in [7, 11) is 0. The Kier molecular flexibility index (Phi) is 3.72. The molecular weight excluding hydrogens is 242 g/mol. The van der Waals surface area contributed by atoms with Crippen LogP contribution in [0.4, 0.5) is 8.78 Å². The molecule has 0 saturated heterocycles. The molecule has 106 valence electrons. The van der Waals surface area contributed by atoms with Crippen LogP contribution in [0, 0.1) is 17.3 Å². The minimum absolute atomic E-state index is 0.128. The normalized spacial score (nSPS) is 24.1. The molecular formula is C17H24F2. The van der Waals surface area contributed by atoms with Crippen LogP contribution in [0.15, 0.2) is 24.3 Å². The van der Waals surface area contributed by atoms with Crippen molar-refractivity contribution < 1.29 is 8.78 Å². The van der Waals surface area contributed by atoms with Gasteiger partial charge in [0.1, 0.15) is 0 Å². The number of hydrogen-bond donors (Lipinski definition) is 0. The fraction of sp³-hybridized carbons (Fsp3) is 0.647. The van der Waals surface area contributed by atoms with E-state index < -0.39 is 5.92 Å². The van der Waals surface area contributed by atoms with Crippen LogP contribution in [0.2, 0.25) is 0 Å². The summed E-state index contributed by atoms with van der Waals surface area (Å²) in [6.07, 6.45) is 3.43. The van der Waals surface area contributed by atoms with Crippen LogP contribution in [-0.2, 0) is 12.3 Å². The highest BCUT2D eigenvalue weighted by Gasteiger charge is 2.38. The molecule has 0 aliphatic heterocycles. The van der Waals surface area contributed by atoms with Gasteiger partial charge in [-0.05, 0) is 48.1 Å². The molecule has 0 nitrogen and oxygen atoms in total. The second kappa shape index (κ2) is 4.88. The first kappa shape index (κ1) is 14.5. The molecule has 2 rings (SSSR count). The lowest BCUT2D eigenvalue weighted by Crippen LogP contribution is -2.36. The Morgan fingerprint density at radius 2 is 1.79 bits per heavy atom. The Morgan fingerprint density at radius 3 is 2.32 bits per heavy atom. The number of benzene rings is 1. The van der Waals surface area contributed by atoms with Crippen LogP contribution in [0.5, 0.6) is 0 Å². The fourth-order valence-corrected chi connectivity index (χ4v) is 3.17. The van der Waals surface area contributed by atoms with Gasteiger partial charge in [0.25, 0.3) is 5.92 Å². The molecule has 1 fully saturated rings. The lowest BCUT2D eigenvalue weighted by molar-refractivity contribution is 0.0172. The van der Waals surface area contributed by atoms with Crippen molar-refractivity contribution in [2.45, 2.75) is 52.9 Å². The van der Waals surface area contributed by atoms with E-state index in [4.69, 9.17) is 0 Å². The minimum atomic E-state index is -2.74. The molecule has 0 unspecified atom stereocenters. The van der Waals surface area contributed by atoms with Crippen LogP contribution in [0.3, 0.4) is 0 Å². The van der Waals surface area contributed by atoms with Crippen molar-refractivity contribution in [3.8, 4) is 0 Å². The van der Waals surface area contributed by atoms with E-state index in [0.29, 0.717) is 0 Å². The van der Waals surface area contributed by atoms with Crippen molar-refractivity contribution in [2.24, 2.45) is 17.3 Å². The van der Waals surface area contributed by atoms with Crippen LogP contribution < -0.4 is 0 Å². The number of alkyl halides is 2. The van der Waals surface area contributed by atoms with Gasteiger partial charge in [0.05, 0.1) is 0 Å². The zero-order valence-corrected chi connectivity index (χ0v) is 12.3. The van der Waals surface area contributed by atoms with E-state index in [2.05, 4.69) is 20.8 Å². The van der Waals surface area contributed by atoms with Gasteiger partial charge in [-0.15, -0.1) is 0 Å². The third-order valence-corrected chi connectivity index (χ3v) is 4.57. The Labute approximate surface area is 115 Å². The lowest BCUT2D eigenvalue weighted by Gasteiger charge is -2.44. The first-order valence-electron chi connectivity index (χ1n) is 7.16. The van der Waals surface area contributed by atoms with E-state index in [9.17, 15) is 8.78 Å². The van der Waals surface area contributed by atoms with Gasteiger partial charge in [-0.25, -0.2) is 8.78 Å². The average molecular weight is 266 g/mol. The van der Waals surface area contributed by atoms with Crippen LogP contribution in [0.25, 0.3) is 0 Å². The molecule has 1 saturated carbocycles. The molecule has 0 N–H and O–H groups in total. The van der Waals surface area contributed by atoms with Crippen LogP contribution in [-0.4, -0.2) is 0 Å². The van der Waals surface area contributed by atoms with E-state index >= 15 is 0 Å². The van der Waals surface area contributed by atoms with Gasteiger partial charge in [-0.1, -0.05) is 39.0 Å². The zero-order valence-electron chi connectivity index (χ0n) is 12.3. The van der Waals surface area contributed by atoms with E-state index in [1.807, 2.05) is 6.07 Å². The predicted octanol–water partition coefficient (Wildman–Crippen LogP) is 5.41. The molecule has 0 bridgehead atoms. The first-order valence-corrected chi connectivity index (χ1v) is 7.16. The van der Waals surface area contributed by atoms with E-state index in [1.165, 1.54) is 18.9 Å². The van der Waals surface area contributed by atoms with Gasteiger partial charge >= 0.3 is 0 Å². The van der Waals surface area contributed by atoms with Crippen LogP contribution >= 0.6 is 0 Å². The molecule has 0 spiro atoms. The average Bonchev–Trinajstić information content (AvgIpc) is 2.23. The molecule has 0 heterocycles. The largest absolute Gasteiger partial charge is 0.270 e. The molecule has 0 radical (unpaired) electrons. The van der Waals surface area contributed by atoms with Gasteiger partial charge in [-0.3, -0.25) is 0 Å². The standard InChI is InChI=1S/C17H24F2/c1-12-8-15(9-12)16(2,3)11-13-6-5-7-14(10-13)17(4,18)19/h5-7,10,12,15H,8-9,11H2,1-4H3. The molecule has 2 heteroatoms. The topological polar surface area (TPSA) is 0 Å². The highest BCUT2D eigenvalue weighted by Crippen LogP contribution is 2.46. The summed E-state index contributed by atoms with van der Waals surface area (Å²) in [5, 5.41) is 0. The maximum Gasteiger partial charge on any atom is 0.270 e. The molecule has 0 amide bonds. The van der Waals surface area contributed by atoms with Crippen molar-refractivity contribution in [3.05, 3.63) is 35.4 Å². The number of halogens is 2. The third-order valence-electron chi connectivity index (χ3n) is 4.57. The third kappa shape index (κ3) is 3.34. The molecule has 1 aromatic carbocycles. The Bertz CT molecular complexity index is 437. The maximum absolute atomic E-state index is 13.4. The van der Waals surface area contributed by atoms with E-state index in [0.717, 1.165) is 30.7 Å². The zero-order chi connectivity index (χ0) is 14.3. The lowest BCUT2D eigenvalue weighted by atomic mass is 9.61. The SMILES string of the molecule is CC1CC(C(C)(C)Cc2cccc(C(C)(F)F)c2)C1. The molecule has 1 aliphatic rings. The van der Waals surface area contributed by atoms with Crippen molar-refractivity contribution in [2.75, 3.05) is 0 Å². The van der Waals surface area contributed by atoms with E-state index in [-0.39, 0.29) is 11.0 Å². The minimum Gasteiger partial charge on any atom is -0.202 e. The summed E-state index contributed by atoms with van der Waals surface area (Å²) >= 11 is 0. The smallest absolute Gasteiger partial charge is 0.202 e. The Balaban J connectivity index is 2.10. The van der Waals surface area contributed by atoms with Crippen LogP contribution in [0.1, 0.15) is 51.7 Å². The molecule has 19 heavy (non-hydrogen) atoms. The fourth-order valence-electron chi connectivity index (χ4n) is 3.17. The Morgan fingerprint density at radius 1 is 1.16 bits per heavy atom. The van der Waals surface area contributed by atoms with Gasteiger partial charge in [0.15, 0.2) is 0 Å². The van der Waals surface area contributed by atoms with Gasteiger partial charge < -0.3 is 0 Å². The summed E-state index contributed by atoms with van der Waals surface area (Å²) < 4.78 is 26.7. The summed E-state index contributed by atoms with van der Waals surface area (Å²) in [5.41, 5.74) is 1.36.